The van der Waals surface area contributed by atoms with Crippen LogP contribution in [0.2, 0.25) is 0 Å². The third-order valence-electron chi connectivity index (χ3n) is 4.11. The van der Waals surface area contributed by atoms with Crippen molar-refractivity contribution in [3.63, 3.8) is 0 Å². The molecular formula is C18H24N6O2. The second-order valence-corrected chi connectivity index (χ2v) is 6.10. The van der Waals surface area contributed by atoms with Gasteiger partial charge in [-0.1, -0.05) is 0 Å². The molecule has 0 saturated carbocycles. The fourth-order valence-electron chi connectivity index (χ4n) is 2.71. The van der Waals surface area contributed by atoms with Gasteiger partial charge in [0, 0.05) is 51.2 Å². The van der Waals surface area contributed by atoms with E-state index in [1.807, 2.05) is 12.1 Å². The molecule has 3 rings (SSSR count). The minimum absolute atomic E-state index is 0.185. The average molecular weight is 356 g/mol. The zero-order valence-corrected chi connectivity index (χ0v) is 14.9. The summed E-state index contributed by atoms with van der Waals surface area (Å²) in [5.74, 6) is 1.01. The number of amides is 1. The molecule has 1 aliphatic heterocycles. The van der Waals surface area contributed by atoms with Crippen LogP contribution in [0.15, 0.2) is 30.6 Å². The highest BCUT2D eigenvalue weighted by Crippen LogP contribution is 2.09. The molecule has 2 N–H and O–H groups in total. The lowest BCUT2D eigenvalue weighted by Gasteiger charge is -2.26. The number of hydrogen-bond donors (Lipinski definition) is 2. The summed E-state index contributed by atoms with van der Waals surface area (Å²) in [5.41, 5.74) is 1.46. The van der Waals surface area contributed by atoms with Crippen LogP contribution in [0.4, 0.5) is 5.82 Å². The Hall–Kier alpha value is -2.58. The largest absolute Gasteiger partial charge is 0.379 e. The molecule has 0 bridgehead atoms. The molecule has 26 heavy (non-hydrogen) atoms. The van der Waals surface area contributed by atoms with E-state index < -0.39 is 0 Å². The maximum Gasteiger partial charge on any atom is 0.270 e. The van der Waals surface area contributed by atoms with Gasteiger partial charge in [-0.25, -0.2) is 9.97 Å². The van der Waals surface area contributed by atoms with Crippen molar-refractivity contribution in [1.29, 1.82) is 0 Å². The molecule has 0 aliphatic carbocycles. The van der Waals surface area contributed by atoms with Crippen LogP contribution in [0, 0.1) is 6.92 Å². The standard InChI is InChI=1S/C18H24N6O2/c1-14-22-16(18(25)20-6-7-24-8-10-26-11-9-24)12-17(23-14)21-13-15-2-4-19-5-3-15/h2-5,12H,6-11,13H2,1H3,(H,20,25)(H,21,22,23). The van der Waals surface area contributed by atoms with Crippen molar-refractivity contribution < 1.29 is 9.53 Å². The number of nitrogens with zero attached hydrogens (tertiary/aromatic N) is 4. The Balaban J connectivity index is 1.53. The molecular weight excluding hydrogens is 332 g/mol. The summed E-state index contributed by atoms with van der Waals surface area (Å²) in [4.78, 5) is 27.2. The summed E-state index contributed by atoms with van der Waals surface area (Å²) < 4.78 is 5.32. The minimum atomic E-state index is -0.185. The van der Waals surface area contributed by atoms with Gasteiger partial charge in [-0.2, -0.15) is 0 Å². The Labute approximate surface area is 153 Å². The number of ether oxygens (including phenoxy) is 1. The fourth-order valence-corrected chi connectivity index (χ4v) is 2.71. The Bertz CT molecular complexity index is 719. The number of carbonyl (C=O) groups excluding carboxylic acids is 1. The van der Waals surface area contributed by atoms with Crippen LogP contribution in [0.1, 0.15) is 21.9 Å². The van der Waals surface area contributed by atoms with Crippen LogP contribution in [-0.2, 0) is 11.3 Å². The number of carbonyl (C=O) groups is 1. The lowest BCUT2D eigenvalue weighted by atomic mass is 10.2. The first-order chi connectivity index (χ1) is 12.7. The zero-order valence-electron chi connectivity index (χ0n) is 14.9. The SMILES string of the molecule is Cc1nc(NCc2ccncc2)cc(C(=O)NCCN2CCOCC2)n1. The molecule has 0 aromatic carbocycles. The normalized spacial score (nSPS) is 14.8. The first-order valence-corrected chi connectivity index (χ1v) is 8.77. The van der Waals surface area contributed by atoms with Crippen molar-refractivity contribution in [2.45, 2.75) is 13.5 Å². The smallest absolute Gasteiger partial charge is 0.270 e. The maximum atomic E-state index is 12.4. The van der Waals surface area contributed by atoms with Crippen molar-refractivity contribution in [3.05, 3.63) is 47.7 Å². The second-order valence-electron chi connectivity index (χ2n) is 6.10. The summed E-state index contributed by atoms with van der Waals surface area (Å²) in [6.07, 6.45) is 3.49. The van der Waals surface area contributed by atoms with Crippen molar-refractivity contribution >= 4 is 11.7 Å². The molecule has 3 heterocycles. The Morgan fingerprint density at radius 3 is 2.77 bits per heavy atom. The van der Waals surface area contributed by atoms with Gasteiger partial charge in [0.25, 0.3) is 5.91 Å². The number of anilines is 1. The van der Waals surface area contributed by atoms with Crippen LogP contribution in [0.5, 0.6) is 0 Å². The van der Waals surface area contributed by atoms with Crippen LogP contribution >= 0.6 is 0 Å². The second kappa shape index (κ2) is 9.21. The summed E-state index contributed by atoms with van der Waals surface area (Å²) in [6.45, 7) is 7.11. The maximum absolute atomic E-state index is 12.4. The third-order valence-corrected chi connectivity index (χ3v) is 4.11. The number of aromatic nitrogens is 3. The highest BCUT2D eigenvalue weighted by Gasteiger charge is 2.13. The molecule has 2 aromatic rings. The van der Waals surface area contributed by atoms with Crippen LogP contribution in [0.25, 0.3) is 0 Å². The van der Waals surface area contributed by atoms with Crippen LogP contribution < -0.4 is 10.6 Å². The van der Waals surface area contributed by atoms with E-state index in [4.69, 9.17) is 4.74 Å². The molecule has 1 saturated heterocycles. The number of pyridine rings is 1. The molecule has 0 spiro atoms. The number of aryl methyl sites for hydroxylation is 1. The Morgan fingerprint density at radius 1 is 1.23 bits per heavy atom. The van der Waals surface area contributed by atoms with E-state index in [0.717, 1.165) is 38.4 Å². The molecule has 1 aliphatic rings. The van der Waals surface area contributed by atoms with E-state index >= 15 is 0 Å². The quantitative estimate of drug-likeness (QED) is 0.760. The number of morpholine rings is 1. The third kappa shape index (κ3) is 5.47. The van der Waals surface area contributed by atoms with Crippen LogP contribution in [0.3, 0.4) is 0 Å². The molecule has 0 radical (unpaired) electrons. The minimum Gasteiger partial charge on any atom is -0.379 e. The van der Waals surface area contributed by atoms with Gasteiger partial charge in [0.2, 0.25) is 0 Å². The summed E-state index contributed by atoms with van der Waals surface area (Å²) >= 11 is 0. The topological polar surface area (TPSA) is 92.3 Å². The lowest BCUT2D eigenvalue weighted by molar-refractivity contribution is 0.0383. The molecule has 1 fully saturated rings. The zero-order chi connectivity index (χ0) is 18.2. The van der Waals surface area contributed by atoms with Crippen molar-refractivity contribution in [2.24, 2.45) is 0 Å². The first-order valence-electron chi connectivity index (χ1n) is 8.77. The number of nitrogens with one attached hydrogen (secondary N) is 2. The molecule has 138 valence electrons. The monoisotopic (exact) mass is 356 g/mol. The Kier molecular flexibility index (Phi) is 6.45. The highest BCUT2D eigenvalue weighted by molar-refractivity contribution is 5.92. The summed E-state index contributed by atoms with van der Waals surface area (Å²) in [7, 11) is 0. The Morgan fingerprint density at radius 2 is 2.00 bits per heavy atom. The van der Waals surface area contributed by atoms with E-state index in [0.29, 0.717) is 30.4 Å². The van der Waals surface area contributed by atoms with E-state index in [1.54, 1.807) is 25.4 Å². The molecule has 0 unspecified atom stereocenters. The van der Waals surface area contributed by atoms with Gasteiger partial charge < -0.3 is 15.4 Å². The number of hydrogen-bond acceptors (Lipinski definition) is 7. The van der Waals surface area contributed by atoms with Gasteiger partial charge in [0.1, 0.15) is 17.3 Å². The predicted octanol–water partition coefficient (Wildman–Crippen LogP) is 0.854. The van der Waals surface area contributed by atoms with E-state index in [2.05, 4.69) is 30.5 Å². The van der Waals surface area contributed by atoms with Gasteiger partial charge in [-0.3, -0.25) is 14.7 Å². The average Bonchev–Trinajstić information content (AvgIpc) is 2.67. The van der Waals surface area contributed by atoms with E-state index in [9.17, 15) is 4.79 Å². The number of rotatable bonds is 7. The summed E-state index contributed by atoms with van der Waals surface area (Å²) in [5, 5.41) is 6.15. The molecule has 2 aromatic heterocycles. The molecule has 0 atom stereocenters. The van der Waals surface area contributed by atoms with Gasteiger partial charge in [0.05, 0.1) is 13.2 Å². The van der Waals surface area contributed by atoms with Gasteiger partial charge >= 0.3 is 0 Å². The van der Waals surface area contributed by atoms with E-state index in [1.165, 1.54) is 0 Å². The summed E-state index contributed by atoms with van der Waals surface area (Å²) in [6, 6.07) is 5.54. The van der Waals surface area contributed by atoms with Gasteiger partial charge in [-0.15, -0.1) is 0 Å². The van der Waals surface area contributed by atoms with Gasteiger partial charge in [-0.05, 0) is 24.6 Å². The predicted molar refractivity (Wildman–Crippen MR) is 97.9 cm³/mol. The van der Waals surface area contributed by atoms with Crippen molar-refractivity contribution in [2.75, 3.05) is 44.7 Å². The first kappa shape index (κ1) is 18.2. The van der Waals surface area contributed by atoms with Gasteiger partial charge in [0.15, 0.2) is 0 Å². The molecule has 8 heteroatoms. The van der Waals surface area contributed by atoms with Crippen LogP contribution in [-0.4, -0.2) is 65.2 Å². The lowest BCUT2D eigenvalue weighted by Crippen LogP contribution is -2.41. The van der Waals surface area contributed by atoms with Crippen molar-refractivity contribution in [3.8, 4) is 0 Å². The molecule has 8 nitrogen and oxygen atoms in total. The molecule has 1 amide bonds. The van der Waals surface area contributed by atoms with E-state index in [-0.39, 0.29) is 5.91 Å². The van der Waals surface area contributed by atoms with Crippen molar-refractivity contribution in [1.82, 2.24) is 25.2 Å². The highest BCUT2D eigenvalue weighted by atomic mass is 16.5. The fraction of sp³-hybridized carbons (Fsp3) is 0.444.